The largest absolute Gasteiger partial charge is 0.309 e. The molecule has 3 heterocycles. The van der Waals surface area contributed by atoms with Crippen LogP contribution in [-0.2, 0) is 0 Å². The normalized spacial score (nSPS) is 14.7. The van der Waals surface area contributed by atoms with Crippen LogP contribution in [-0.4, -0.2) is 13.7 Å². The Kier molecular flexibility index (Phi) is 5.20. The van der Waals surface area contributed by atoms with Crippen molar-refractivity contribution in [3.8, 4) is 39.3 Å². The third-order valence-electron chi connectivity index (χ3n) is 12.0. The molecule has 3 aromatic heterocycles. The lowest BCUT2D eigenvalue weighted by molar-refractivity contribution is 1.18. The number of para-hydroxylation sites is 4. The molecule has 0 saturated carbocycles. The van der Waals surface area contributed by atoms with Crippen molar-refractivity contribution in [1.29, 1.82) is 0 Å². The number of aromatic nitrogens is 3. The molecule has 284 valence electrons. The summed E-state index contributed by atoms with van der Waals surface area (Å²) in [6, 6.07) is 45.4. The molecule has 0 unspecified atom stereocenters. The van der Waals surface area contributed by atoms with E-state index in [9.17, 15) is 2.74 Å². The van der Waals surface area contributed by atoms with E-state index in [0.717, 1.165) is 49.9 Å². The number of nitrogens with zero attached hydrogens (tertiary/aromatic N) is 3. The highest BCUT2D eigenvalue weighted by molar-refractivity contribution is 6.14. The van der Waals surface area contributed by atoms with Crippen LogP contribution in [0.5, 0.6) is 0 Å². The summed E-state index contributed by atoms with van der Waals surface area (Å²) in [6.45, 7) is 0. The lowest BCUT2D eigenvalue weighted by Gasteiger charge is -2.12. The maximum Gasteiger partial charge on any atom is 0.0645 e. The molecule has 10 aromatic carbocycles. The lowest BCUT2D eigenvalue weighted by atomic mass is 10.0. The van der Waals surface area contributed by atoms with E-state index in [1.807, 2.05) is 165 Å². The van der Waals surface area contributed by atoms with Gasteiger partial charge in [-0.05, 0) is 112 Å². The summed E-state index contributed by atoms with van der Waals surface area (Å²) in [4.78, 5) is 0. The van der Waals surface area contributed by atoms with Crippen LogP contribution < -0.4 is 0 Å². The van der Waals surface area contributed by atoms with Gasteiger partial charge in [-0.15, -0.1) is 0 Å². The number of hydrogen-bond acceptors (Lipinski definition) is 0. The molecule has 0 aliphatic carbocycles. The van der Waals surface area contributed by atoms with Gasteiger partial charge in [-0.3, -0.25) is 0 Å². The number of rotatable bonds is 5. The molecule has 0 N–H and O–H groups in total. The maximum atomic E-state index is 9.23. The standard InChI is InChI=1S/C58H37N3/c1-2-15-43(16-3-1)59-53-21-9-6-18-46(53)49-36-41(28-32-56(49)59)42-29-33-57-50(37-42)47-19-7-10-22-54(47)60(57)44-30-25-38(26-31-44)40-27-34-58-51(35-40)48-20-8-11-23-55(48)61(58)52-24-12-14-39-13-4-5-17-45(39)52/h1-37H/i6D,7D,8D,9D,10D,11D,18D,19D,20D,21D,22D,23D. The summed E-state index contributed by atoms with van der Waals surface area (Å²) < 4.78 is 112. The second-order valence-electron chi connectivity index (χ2n) is 15.3. The molecule has 0 aliphatic heterocycles. The Balaban J connectivity index is 0.972. The Morgan fingerprint density at radius 1 is 0.279 bits per heavy atom. The molecular weight excluding hydrogens is 739 g/mol. The Morgan fingerprint density at radius 2 is 0.705 bits per heavy atom. The average Bonchev–Trinajstić information content (AvgIpc) is 4.08. The van der Waals surface area contributed by atoms with E-state index < -0.39 is 0 Å². The fourth-order valence-electron chi connectivity index (χ4n) is 9.27. The SMILES string of the molecule is [2H]c1c([2H])c([2H])c2c(c1[2H])c1cc(-c3ccc4c(c3)c3c([2H])c([2H])c([2H])c([2H])c3n4-c3ccc(-c4ccc5c(c4)c4c([2H])c([2H])c([2H])c([2H])c4n5-c4cccc5ccccc45)cc3)ccc1n2-c1ccccc1. The minimum Gasteiger partial charge on any atom is -0.309 e. The summed E-state index contributed by atoms with van der Waals surface area (Å²) >= 11 is 0. The fraction of sp³-hybridized carbons (Fsp3) is 0. The highest BCUT2D eigenvalue weighted by Crippen LogP contribution is 2.40. The van der Waals surface area contributed by atoms with E-state index in [4.69, 9.17) is 13.7 Å². The van der Waals surface area contributed by atoms with E-state index >= 15 is 0 Å². The van der Waals surface area contributed by atoms with Crippen LogP contribution >= 0.6 is 0 Å². The van der Waals surface area contributed by atoms with Gasteiger partial charge in [-0.1, -0.05) is 139 Å². The first-order chi connectivity index (χ1) is 35.2. The van der Waals surface area contributed by atoms with E-state index in [-0.39, 0.29) is 72.5 Å². The molecule has 0 aliphatic rings. The molecule has 13 aromatic rings. The third-order valence-corrected chi connectivity index (χ3v) is 12.0. The Bertz CT molecular complexity index is 4570. The van der Waals surface area contributed by atoms with Crippen molar-refractivity contribution < 1.29 is 16.4 Å². The summed E-state index contributed by atoms with van der Waals surface area (Å²) in [6.07, 6.45) is 0. The molecule has 3 heteroatoms. The minimum atomic E-state index is -0.364. The first-order valence-corrected chi connectivity index (χ1v) is 20.0. The van der Waals surface area contributed by atoms with Gasteiger partial charge in [0.15, 0.2) is 0 Å². The molecule has 0 amide bonds. The van der Waals surface area contributed by atoms with Crippen molar-refractivity contribution in [1.82, 2.24) is 13.7 Å². The van der Waals surface area contributed by atoms with Crippen LogP contribution in [0.1, 0.15) is 16.4 Å². The van der Waals surface area contributed by atoms with E-state index in [0.29, 0.717) is 65.6 Å². The van der Waals surface area contributed by atoms with Gasteiger partial charge in [-0.25, -0.2) is 0 Å². The number of hydrogen-bond donors (Lipinski definition) is 0. The van der Waals surface area contributed by atoms with Crippen LogP contribution in [0.2, 0.25) is 0 Å². The van der Waals surface area contributed by atoms with Crippen molar-refractivity contribution in [2.24, 2.45) is 0 Å². The molecule has 0 bridgehead atoms. The highest BCUT2D eigenvalue weighted by Gasteiger charge is 2.18. The molecule has 0 radical (unpaired) electrons. The van der Waals surface area contributed by atoms with Crippen molar-refractivity contribution in [2.45, 2.75) is 0 Å². The van der Waals surface area contributed by atoms with Gasteiger partial charge >= 0.3 is 0 Å². The van der Waals surface area contributed by atoms with Crippen LogP contribution in [0, 0.1) is 0 Å². The zero-order chi connectivity index (χ0) is 50.5. The van der Waals surface area contributed by atoms with E-state index in [2.05, 4.69) is 0 Å². The Hall–Kier alpha value is -8.14. The van der Waals surface area contributed by atoms with Gasteiger partial charge in [0.2, 0.25) is 0 Å². The minimum absolute atomic E-state index is 0.126. The summed E-state index contributed by atoms with van der Waals surface area (Å²) in [5.41, 5.74) is 8.42. The topological polar surface area (TPSA) is 14.8 Å². The predicted molar refractivity (Wildman–Crippen MR) is 258 cm³/mol. The third kappa shape index (κ3) is 5.11. The van der Waals surface area contributed by atoms with Crippen molar-refractivity contribution in [3.63, 3.8) is 0 Å². The lowest BCUT2D eigenvalue weighted by Crippen LogP contribution is -1.95. The first-order valence-electron chi connectivity index (χ1n) is 26.0. The predicted octanol–water partition coefficient (Wildman–Crippen LogP) is 15.5. The van der Waals surface area contributed by atoms with Crippen LogP contribution in [0.25, 0.3) is 116 Å². The maximum absolute atomic E-state index is 9.23. The molecule has 61 heavy (non-hydrogen) atoms. The van der Waals surface area contributed by atoms with Crippen molar-refractivity contribution >= 4 is 76.2 Å². The summed E-state index contributed by atoms with van der Waals surface area (Å²) in [5.74, 6) is 0. The van der Waals surface area contributed by atoms with Gasteiger partial charge in [0.1, 0.15) is 0 Å². The molecule has 0 atom stereocenters. The van der Waals surface area contributed by atoms with Gasteiger partial charge < -0.3 is 13.7 Å². The highest BCUT2D eigenvalue weighted by atomic mass is 15.0. The van der Waals surface area contributed by atoms with Crippen molar-refractivity contribution in [2.75, 3.05) is 0 Å². The quantitative estimate of drug-likeness (QED) is 0.165. The van der Waals surface area contributed by atoms with Gasteiger partial charge in [-0.2, -0.15) is 0 Å². The van der Waals surface area contributed by atoms with Crippen LogP contribution in [0.15, 0.2) is 224 Å². The number of benzene rings is 10. The van der Waals surface area contributed by atoms with Crippen LogP contribution in [0.4, 0.5) is 0 Å². The number of fused-ring (bicyclic) bond motifs is 10. The molecule has 3 nitrogen and oxygen atoms in total. The Labute approximate surface area is 369 Å². The zero-order valence-corrected chi connectivity index (χ0v) is 32.3. The first kappa shape index (κ1) is 24.1. The molecule has 13 rings (SSSR count). The van der Waals surface area contributed by atoms with Crippen molar-refractivity contribution in [3.05, 3.63) is 224 Å². The molecule has 0 saturated heterocycles. The van der Waals surface area contributed by atoms with Gasteiger partial charge in [0.05, 0.1) is 55.2 Å². The second-order valence-corrected chi connectivity index (χ2v) is 15.3. The Morgan fingerprint density at radius 3 is 1.28 bits per heavy atom. The summed E-state index contributed by atoms with van der Waals surface area (Å²) in [5, 5.41) is 4.97. The van der Waals surface area contributed by atoms with Gasteiger partial charge in [0, 0.05) is 49.1 Å². The molecule has 0 fully saturated rings. The zero-order valence-electron chi connectivity index (χ0n) is 44.3. The van der Waals surface area contributed by atoms with Gasteiger partial charge in [0.25, 0.3) is 0 Å². The van der Waals surface area contributed by atoms with Crippen LogP contribution in [0.3, 0.4) is 0 Å². The average molecular weight is 788 g/mol. The smallest absolute Gasteiger partial charge is 0.0645 e. The monoisotopic (exact) mass is 787 g/mol. The molecular formula is C58H37N3. The second kappa shape index (κ2) is 13.2. The van der Waals surface area contributed by atoms with E-state index in [1.165, 1.54) is 0 Å². The summed E-state index contributed by atoms with van der Waals surface area (Å²) in [7, 11) is 0. The van der Waals surface area contributed by atoms with E-state index in [1.54, 1.807) is 0 Å². The molecule has 0 spiro atoms. The fourth-order valence-corrected chi connectivity index (χ4v) is 9.27.